The van der Waals surface area contributed by atoms with Crippen LogP contribution in [0.5, 0.6) is 0 Å². The summed E-state index contributed by atoms with van der Waals surface area (Å²) >= 11 is 0. The molecule has 1 nitrogen and oxygen atoms in total. The topological polar surface area (TPSA) is 26.0 Å². The first-order chi connectivity index (χ1) is 6.09. The summed E-state index contributed by atoms with van der Waals surface area (Å²) in [5.41, 5.74) is 6.83. The van der Waals surface area contributed by atoms with Crippen molar-refractivity contribution in [1.29, 1.82) is 0 Å². The Morgan fingerprint density at radius 1 is 1.15 bits per heavy atom. The van der Waals surface area contributed by atoms with Crippen LogP contribution in [-0.4, -0.2) is 6.04 Å². The zero-order valence-electron chi connectivity index (χ0n) is 8.79. The molecule has 2 N–H and O–H groups in total. The van der Waals surface area contributed by atoms with Gasteiger partial charge < -0.3 is 5.73 Å². The Morgan fingerprint density at radius 3 is 2.54 bits per heavy atom. The number of fused-ring (bicyclic) bond motifs is 5. The third-order valence-corrected chi connectivity index (χ3v) is 5.14. The highest BCUT2D eigenvalue weighted by atomic mass is 14.8. The molecule has 3 aliphatic carbocycles. The predicted molar refractivity (Wildman–Crippen MR) is 54.2 cm³/mol. The number of hydrogen-bond acceptors (Lipinski definition) is 1. The fourth-order valence-electron chi connectivity index (χ4n) is 4.99. The van der Waals surface area contributed by atoms with Gasteiger partial charge in [-0.3, -0.25) is 0 Å². The fraction of sp³-hybridized carbons (Fsp3) is 1.00. The maximum Gasteiger partial charge on any atom is 0.00779 e. The van der Waals surface area contributed by atoms with Crippen LogP contribution in [0, 0.1) is 29.1 Å². The van der Waals surface area contributed by atoms with E-state index in [-0.39, 0.29) is 0 Å². The third-order valence-electron chi connectivity index (χ3n) is 5.14. The highest BCUT2D eigenvalue weighted by Gasteiger charge is 2.59. The highest BCUT2D eigenvalue weighted by molar-refractivity contribution is 5.10. The Labute approximate surface area is 81.1 Å². The molecule has 0 aromatic carbocycles. The molecule has 0 spiro atoms. The van der Waals surface area contributed by atoms with Crippen molar-refractivity contribution in [3.05, 3.63) is 0 Å². The summed E-state index contributed by atoms with van der Waals surface area (Å²) < 4.78 is 0. The quantitative estimate of drug-likeness (QED) is 0.607. The fourth-order valence-corrected chi connectivity index (χ4v) is 4.99. The molecule has 13 heavy (non-hydrogen) atoms. The Morgan fingerprint density at radius 2 is 1.85 bits per heavy atom. The van der Waals surface area contributed by atoms with Crippen LogP contribution in [-0.2, 0) is 0 Å². The Kier molecular flexibility index (Phi) is 1.47. The molecular weight excluding hydrogens is 158 g/mol. The average Bonchev–Trinajstić information content (AvgIpc) is 2.63. The lowest BCUT2D eigenvalue weighted by atomic mass is 9.71. The van der Waals surface area contributed by atoms with Crippen LogP contribution in [0.2, 0.25) is 0 Å². The minimum atomic E-state index is 0.523. The zero-order chi connectivity index (χ0) is 9.22. The lowest BCUT2D eigenvalue weighted by Gasteiger charge is -2.34. The second-order valence-corrected chi connectivity index (χ2v) is 6.29. The van der Waals surface area contributed by atoms with Gasteiger partial charge in [0.15, 0.2) is 0 Å². The van der Waals surface area contributed by atoms with E-state index in [1.165, 1.54) is 25.7 Å². The van der Waals surface area contributed by atoms with Crippen LogP contribution in [0.4, 0.5) is 0 Å². The Bertz CT molecular complexity index is 233. The van der Waals surface area contributed by atoms with Gasteiger partial charge in [-0.2, -0.15) is 0 Å². The molecule has 0 aromatic heterocycles. The molecule has 0 heterocycles. The summed E-state index contributed by atoms with van der Waals surface area (Å²) in [5, 5.41) is 0. The maximum absolute atomic E-state index is 6.28. The highest BCUT2D eigenvalue weighted by Crippen LogP contribution is 2.64. The number of rotatable bonds is 0. The van der Waals surface area contributed by atoms with E-state index in [0.29, 0.717) is 11.5 Å². The zero-order valence-corrected chi connectivity index (χ0v) is 8.79. The molecule has 0 saturated heterocycles. The van der Waals surface area contributed by atoms with Gasteiger partial charge in [-0.15, -0.1) is 0 Å². The molecule has 1 heteroatoms. The number of nitrogens with two attached hydrogens (primary N) is 1. The van der Waals surface area contributed by atoms with E-state index in [4.69, 9.17) is 5.73 Å². The van der Waals surface area contributed by atoms with Crippen molar-refractivity contribution in [2.24, 2.45) is 34.8 Å². The van der Waals surface area contributed by atoms with Crippen molar-refractivity contribution in [2.75, 3.05) is 0 Å². The molecule has 2 bridgehead atoms. The van der Waals surface area contributed by atoms with Crippen LogP contribution in [0.3, 0.4) is 0 Å². The van der Waals surface area contributed by atoms with E-state index in [2.05, 4.69) is 13.8 Å². The molecular formula is C12H21N. The molecule has 5 atom stereocenters. The van der Waals surface area contributed by atoms with Gasteiger partial charge in [0, 0.05) is 6.04 Å². The van der Waals surface area contributed by atoms with Crippen molar-refractivity contribution in [1.82, 2.24) is 0 Å². The second-order valence-electron chi connectivity index (χ2n) is 6.29. The molecule has 5 unspecified atom stereocenters. The van der Waals surface area contributed by atoms with Crippen LogP contribution in [0.25, 0.3) is 0 Å². The summed E-state index contributed by atoms with van der Waals surface area (Å²) in [6.07, 6.45) is 5.76. The van der Waals surface area contributed by atoms with Gasteiger partial charge >= 0.3 is 0 Å². The van der Waals surface area contributed by atoms with Gasteiger partial charge in [0.05, 0.1) is 0 Å². The van der Waals surface area contributed by atoms with Gasteiger partial charge in [-0.05, 0) is 54.8 Å². The van der Waals surface area contributed by atoms with E-state index in [0.717, 1.165) is 23.7 Å². The maximum atomic E-state index is 6.28. The predicted octanol–water partition coefficient (Wildman–Crippen LogP) is 2.41. The molecule has 0 aliphatic heterocycles. The van der Waals surface area contributed by atoms with E-state index in [9.17, 15) is 0 Å². The smallest absolute Gasteiger partial charge is 0.00779 e. The van der Waals surface area contributed by atoms with E-state index in [1.807, 2.05) is 0 Å². The van der Waals surface area contributed by atoms with Gasteiger partial charge in [0.1, 0.15) is 0 Å². The second kappa shape index (κ2) is 2.31. The molecule has 0 radical (unpaired) electrons. The van der Waals surface area contributed by atoms with Crippen LogP contribution < -0.4 is 5.73 Å². The largest absolute Gasteiger partial charge is 0.327 e. The summed E-state index contributed by atoms with van der Waals surface area (Å²) in [4.78, 5) is 0. The van der Waals surface area contributed by atoms with Crippen LogP contribution in [0.15, 0.2) is 0 Å². The van der Waals surface area contributed by atoms with Gasteiger partial charge in [0.2, 0.25) is 0 Å². The molecule has 3 aliphatic rings. The lowest BCUT2D eigenvalue weighted by Crippen LogP contribution is -2.32. The van der Waals surface area contributed by atoms with E-state index in [1.54, 1.807) is 0 Å². The van der Waals surface area contributed by atoms with Crippen LogP contribution in [0.1, 0.15) is 39.5 Å². The molecule has 3 fully saturated rings. The first-order valence-corrected chi connectivity index (χ1v) is 5.85. The normalized spacial score (nSPS) is 57.0. The first kappa shape index (κ1) is 8.28. The van der Waals surface area contributed by atoms with Crippen molar-refractivity contribution in [3.8, 4) is 0 Å². The molecule has 0 amide bonds. The third kappa shape index (κ3) is 0.918. The van der Waals surface area contributed by atoms with E-state index < -0.39 is 0 Å². The summed E-state index contributed by atoms with van der Waals surface area (Å²) in [6, 6.07) is 0.523. The molecule has 3 rings (SSSR count). The summed E-state index contributed by atoms with van der Waals surface area (Å²) in [5.74, 6) is 3.92. The van der Waals surface area contributed by atoms with Crippen molar-refractivity contribution in [3.63, 3.8) is 0 Å². The SMILES string of the molecule is CC1(C)CC(N)C2C3CCC(C3)C21. The minimum absolute atomic E-state index is 0.523. The Balaban J connectivity index is 1.97. The monoisotopic (exact) mass is 179 g/mol. The molecule has 0 aromatic rings. The first-order valence-electron chi connectivity index (χ1n) is 5.85. The minimum Gasteiger partial charge on any atom is -0.327 e. The Hall–Kier alpha value is -0.0400. The van der Waals surface area contributed by atoms with Crippen molar-refractivity contribution >= 4 is 0 Å². The van der Waals surface area contributed by atoms with E-state index >= 15 is 0 Å². The number of hydrogen-bond donors (Lipinski definition) is 1. The average molecular weight is 179 g/mol. The standard InChI is InChI=1S/C12H21N/c1-12(2)6-9(13)10-7-3-4-8(5-7)11(10)12/h7-11H,3-6,13H2,1-2H3. The van der Waals surface area contributed by atoms with Gasteiger partial charge in [-0.25, -0.2) is 0 Å². The van der Waals surface area contributed by atoms with Crippen molar-refractivity contribution < 1.29 is 0 Å². The van der Waals surface area contributed by atoms with Crippen LogP contribution >= 0.6 is 0 Å². The van der Waals surface area contributed by atoms with Gasteiger partial charge in [0.25, 0.3) is 0 Å². The lowest BCUT2D eigenvalue weighted by molar-refractivity contribution is 0.147. The van der Waals surface area contributed by atoms with Gasteiger partial charge in [-0.1, -0.05) is 13.8 Å². The summed E-state index contributed by atoms with van der Waals surface area (Å²) in [7, 11) is 0. The summed E-state index contributed by atoms with van der Waals surface area (Å²) in [6.45, 7) is 4.89. The molecule has 74 valence electrons. The molecule has 3 saturated carbocycles. The van der Waals surface area contributed by atoms with Crippen molar-refractivity contribution in [2.45, 2.75) is 45.6 Å².